The van der Waals surface area contributed by atoms with E-state index in [-0.39, 0.29) is 19.0 Å². The maximum absolute atomic E-state index is 13.3. The van der Waals surface area contributed by atoms with Crippen molar-refractivity contribution in [2.24, 2.45) is 4.99 Å². The summed E-state index contributed by atoms with van der Waals surface area (Å²) < 4.78 is 6.13. The van der Waals surface area contributed by atoms with Gasteiger partial charge in [0.2, 0.25) is 5.91 Å². The number of carbonyl (C=O) groups excluding carboxylic acids is 2. The van der Waals surface area contributed by atoms with Crippen LogP contribution in [0.2, 0.25) is 4.34 Å². The summed E-state index contributed by atoms with van der Waals surface area (Å²) in [6.45, 7) is 1.06. The molecule has 1 aliphatic heterocycles. The van der Waals surface area contributed by atoms with Gasteiger partial charge in [-0.25, -0.2) is 4.99 Å². The second kappa shape index (κ2) is 13.2. The van der Waals surface area contributed by atoms with Gasteiger partial charge in [-0.3, -0.25) is 9.69 Å². The van der Waals surface area contributed by atoms with E-state index in [0.717, 1.165) is 33.6 Å². The number of hydrogen-bond acceptors (Lipinski definition) is 8. The molecule has 6 rings (SSSR count). The van der Waals surface area contributed by atoms with Crippen molar-refractivity contribution < 1.29 is 14.1 Å². The molecule has 1 fully saturated rings. The molecule has 1 atom stereocenters. The van der Waals surface area contributed by atoms with Crippen molar-refractivity contribution in [1.29, 1.82) is 5.26 Å². The summed E-state index contributed by atoms with van der Waals surface area (Å²) in [5, 5.41) is 14.0. The minimum atomic E-state index is -0.648. The lowest BCUT2D eigenvalue weighted by Crippen LogP contribution is -2.56. The van der Waals surface area contributed by atoms with Crippen molar-refractivity contribution in [2.75, 3.05) is 13.1 Å². The molecule has 44 heavy (non-hydrogen) atoms. The molecule has 5 aromatic rings. The van der Waals surface area contributed by atoms with Gasteiger partial charge in [0, 0.05) is 36.8 Å². The van der Waals surface area contributed by atoms with Gasteiger partial charge >= 0.3 is 0 Å². The minimum absolute atomic E-state index is 0.130. The van der Waals surface area contributed by atoms with Crippen molar-refractivity contribution in [3.63, 3.8) is 0 Å². The molecule has 3 aromatic carbocycles. The average Bonchev–Trinajstić information content (AvgIpc) is 3.70. The molecule has 1 unspecified atom stereocenters. The van der Waals surface area contributed by atoms with Crippen LogP contribution in [-0.4, -0.2) is 52.0 Å². The average molecular weight is 620 g/mol. The highest BCUT2D eigenvalue weighted by atomic mass is 35.5. The number of aromatic nitrogens is 1. The third kappa shape index (κ3) is 6.53. The summed E-state index contributed by atoms with van der Waals surface area (Å²) >= 11 is 7.44. The van der Waals surface area contributed by atoms with Gasteiger partial charge in [0.05, 0.1) is 38.4 Å². The molecule has 0 N–H and O–H groups in total. The van der Waals surface area contributed by atoms with Crippen molar-refractivity contribution >= 4 is 46.5 Å². The quantitative estimate of drug-likeness (QED) is 0.138. The highest BCUT2D eigenvalue weighted by Crippen LogP contribution is 2.32. The van der Waals surface area contributed by atoms with Crippen LogP contribution in [0.5, 0.6) is 0 Å². The molecular weight excluding hydrogens is 594 g/mol. The third-order valence-corrected chi connectivity index (χ3v) is 8.55. The Balaban J connectivity index is 1.22. The molecule has 1 amide bonds. The molecule has 218 valence electrons. The maximum Gasteiger partial charge on any atom is 0.237 e. The van der Waals surface area contributed by atoms with E-state index < -0.39 is 6.04 Å². The number of halogens is 1. The second-order valence-electron chi connectivity index (χ2n) is 10.3. The third-order valence-electron chi connectivity index (χ3n) is 7.30. The Morgan fingerprint density at radius 2 is 1.75 bits per heavy atom. The van der Waals surface area contributed by atoms with Crippen LogP contribution in [0.25, 0.3) is 10.6 Å². The predicted octanol–water partition coefficient (Wildman–Crippen LogP) is 6.51. The predicted molar refractivity (Wildman–Crippen MR) is 170 cm³/mol. The number of thiophene rings is 1. The van der Waals surface area contributed by atoms with Crippen molar-refractivity contribution in [3.05, 3.63) is 129 Å². The molecule has 2 aromatic heterocycles. The highest BCUT2D eigenvalue weighted by molar-refractivity contribution is 7.19. The molecule has 10 heteroatoms. The van der Waals surface area contributed by atoms with Crippen LogP contribution >= 0.6 is 22.9 Å². The number of amides is 1. The second-order valence-corrected chi connectivity index (χ2v) is 12.1. The zero-order valence-corrected chi connectivity index (χ0v) is 25.0. The van der Waals surface area contributed by atoms with E-state index in [0.29, 0.717) is 40.1 Å². The largest absolute Gasteiger partial charge is 0.355 e. The van der Waals surface area contributed by atoms with E-state index in [9.17, 15) is 14.9 Å². The Labute approximate surface area is 263 Å². The summed E-state index contributed by atoms with van der Waals surface area (Å²) in [6.07, 6.45) is 0.803. The summed E-state index contributed by atoms with van der Waals surface area (Å²) in [6, 6.07) is 32.0. The topological polar surface area (TPSA) is 103 Å². The lowest BCUT2D eigenvalue weighted by atomic mass is 10.0. The van der Waals surface area contributed by atoms with Crippen LogP contribution in [0.15, 0.2) is 107 Å². The Kier molecular flexibility index (Phi) is 8.75. The summed E-state index contributed by atoms with van der Waals surface area (Å²) in [7, 11) is 0. The fourth-order valence-corrected chi connectivity index (χ4v) is 6.17. The van der Waals surface area contributed by atoms with Crippen LogP contribution in [-0.2, 0) is 22.7 Å². The van der Waals surface area contributed by atoms with Crippen LogP contribution in [0.4, 0.5) is 5.69 Å². The first-order valence-electron chi connectivity index (χ1n) is 13.9. The number of aliphatic imine (C=N–C) groups is 1. The normalized spacial score (nSPS) is 15.1. The smallest absolute Gasteiger partial charge is 0.237 e. The molecule has 0 radical (unpaired) electrons. The van der Waals surface area contributed by atoms with Gasteiger partial charge in [0.15, 0.2) is 5.76 Å². The SMILES string of the molecule is N#Cc1ccc(CN2C(=O)CN(Cc3cc(-c4ccc(Cl)s4)on3)CC2C=O)cc1N=C(c1ccccc1)c1ccccc1. The number of nitrogens with zero attached hydrogens (tertiary/aromatic N) is 5. The number of rotatable bonds is 9. The Bertz CT molecular complexity index is 1820. The molecular formula is C34H26ClN5O3S. The monoisotopic (exact) mass is 619 g/mol. The molecule has 3 heterocycles. The summed E-state index contributed by atoms with van der Waals surface area (Å²) in [5.74, 6) is 0.432. The Morgan fingerprint density at radius 3 is 2.39 bits per heavy atom. The fourth-order valence-electron chi connectivity index (χ4n) is 5.18. The number of piperazine rings is 1. The number of carbonyl (C=O) groups is 2. The van der Waals surface area contributed by atoms with Gasteiger partial charge in [-0.1, -0.05) is 83.5 Å². The van der Waals surface area contributed by atoms with Crippen molar-refractivity contribution in [1.82, 2.24) is 15.0 Å². The highest BCUT2D eigenvalue weighted by Gasteiger charge is 2.33. The molecule has 1 aliphatic rings. The number of nitriles is 1. The van der Waals surface area contributed by atoms with E-state index >= 15 is 0 Å². The lowest BCUT2D eigenvalue weighted by molar-refractivity contribution is -0.144. The number of hydrogen-bond donors (Lipinski definition) is 0. The van der Waals surface area contributed by atoms with E-state index in [2.05, 4.69) is 11.2 Å². The van der Waals surface area contributed by atoms with Gasteiger partial charge in [0.25, 0.3) is 0 Å². The van der Waals surface area contributed by atoms with Crippen LogP contribution in [0.1, 0.15) is 27.9 Å². The molecule has 0 spiro atoms. The molecule has 0 bridgehead atoms. The fraction of sp³-hybridized carbons (Fsp3) is 0.147. The van der Waals surface area contributed by atoms with Crippen LogP contribution in [0.3, 0.4) is 0 Å². The zero-order valence-electron chi connectivity index (χ0n) is 23.5. The molecule has 0 aliphatic carbocycles. The Hall–Kier alpha value is -4.88. The summed E-state index contributed by atoms with van der Waals surface area (Å²) in [5.41, 5.74) is 4.91. The lowest BCUT2D eigenvalue weighted by Gasteiger charge is -2.38. The Morgan fingerprint density at radius 1 is 1.02 bits per heavy atom. The van der Waals surface area contributed by atoms with E-state index in [1.807, 2.05) is 83.8 Å². The standard InChI is InChI=1S/C34H26ClN5O3S/c35-32-14-13-31(44-32)30-16-27(38-43-30)19-39-20-28(22-41)40(33(42)21-39)18-23-11-12-26(17-36)29(15-23)37-34(24-7-3-1-4-8-24)25-9-5-2-6-10-25/h1-16,22,28H,18-21H2. The van der Waals surface area contributed by atoms with Crippen molar-refractivity contribution in [3.8, 4) is 16.7 Å². The number of benzene rings is 3. The first-order valence-corrected chi connectivity index (χ1v) is 15.1. The van der Waals surface area contributed by atoms with Gasteiger partial charge < -0.3 is 14.2 Å². The van der Waals surface area contributed by atoms with Crippen molar-refractivity contribution in [2.45, 2.75) is 19.1 Å². The zero-order chi connectivity index (χ0) is 30.5. The first kappa shape index (κ1) is 29.2. The van der Waals surface area contributed by atoms with Gasteiger partial charge in [0.1, 0.15) is 18.4 Å². The molecule has 1 saturated heterocycles. The van der Waals surface area contributed by atoms with Crippen LogP contribution in [0, 0.1) is 11.3 Å². The number of aldehydes is 1. The van der Waals surface area contributed by atoms with Gasteiger partial charge in [-0.2, -0.15) is 5.26 Å². The van der Waals surface area contributed by atoms with Gasteiger partial charge in [-0.05, 0) is 29.8 Å². The van der Waals surface area contributed by atoms with E-state index in [1.165, 1.54) is 11.3 Å². The minimum Gasteiger partial charge on any atom is -0.355 e. The van der Waals surface area contributed by atoms with Gasteiger partial charge in [-0.15, -0.1) is 11.3 Å². The van der Waals surface area contributed by atoms with E-state index in [1.54, 1.807) is 23.1 Å². The van der Waals surface area contributed by atoms with E-state index in [4.69, 9.17) is 21.1 Å². The maximum atomic E-state index is 13.3. The summed E-state index contributed by atoms with van der Waals surface area (Å²) in [4.78, 5) is 34.8. The molecule has 0 saturated carbocycles. The van der Waals surface area contributed by atoms with Crippen LogP contribution < -0.4 is 0 Å². The first-order chi connectivity index (χ1) is 21.5. The molecule has 8 nitrogen and oxygen atoms in total.